The Kier molecular flexibility index (Phi) is 9.97. The van der Waals surface area contributed by atoms with Crippen molar-refractivity contribution >= 4 is 35.9 Å². The number of hydrogen-bond acceptors (Lipinski definition) is 4. The molecule has 0 bridgehead atoms. The van der Waals surface area contributed by atoms with Crippen molar-refractivity contribution in [1.29, 1.82) is 0 Å². The monoisotopic (exact) mass is 477 g/mol. The highest BCUT2D eigenvalue weighted by Crippen LogP contribution is 2.24. The van der Waals surface area contributed by atoms with Gasteiger partial charge in [0, 0.05) is 45.1 Å². The summed E-state index contributed by atoms with van der Waals surface area (Å²) in [5.41, 5.74) is 0. The number of carbonyl (C=O) groups excluding carboxylic acids is 1. The fourth-order valence-electron chi connectivity index (χ4n) is 3.24. The van der Waals surface area contributed by atoms with Crippen LogP contribution in [0.2, 0.25) is 0 Å². The normalized spacial score (nSPS) is 20.0. The number of nitrogens with one attached hydrogen (secondary N) is 1. The van der Waals surface area contributed by atoms with Crippen molar-refractivity contribution in [1.82, 2.24) is 19.8 Å². The Hall–Kier alpha value is -1.32. The number of aryl methyl sites for hydroxylation is 2. The van der Waals surface area contributed by atoms with Crippen LogP contribution < -0.4 is 5.32 Å². The van der Waals surface area contributed by atoms with E-state index in [4.69, 9.17) is 9.73 Å². The topological polar surface area (TPSA) is 71.8 Å². The zero-order valence-electron chi connectivity index (χ0n) is 16.3. The minimum Gasteiger partial charge on any atom is -0.469 e. The van der Waals surface area contributed by atoms with Crippen LogP contribution in [0.5, 0.6) is 0 Å². The van der Waals surface area contributed by atoms with Gasteiger partial charge in [0.1, 0.15) is 5.82 Å². The second-order valence-corrected chi connectivity index (χ2v) is 6.62. The molecule has 0 spiro atoms. The van der Waals surface area contributed by atoms with Crippen molar-refractivity contribution < 1.29 is 9.53 Å². The number of imidazole rings is 1. The Morgan fingerprint density at radius 1 is 1.42 bits per heavy atom. The molecule has 0 radical (unpaired) electrons. The van der Waals surface area contributed by atoms with Crippen LogP contribution in [0.1, 0.15) is 32.5 Å². The molecule has 1 aromatic heterocycles. The maximum atomic E-state index is 11.9. The summed E-state index contributed by atoms with van der Waals surface area (Å²) < 4.78 is 7.08. The molecule has 2 unspecified atom stereocenters. The number of hydrogen-bond donors (Lipinski definition) is 1. The molecule has 26 heavy (non-hydrogen) atoms. The van der Waals surface area contributed by atoms with Crippen LogP contribution in [0.3, 0.4) is 0 Å². The van der Waals surface area contributed by atoms with Crippen LogP contribution in [0, 0.1) is 18.8 Å². The molecule has 2 rings (SSSR count). The van der Waals surface area contributed by atoms with E-state index >= 15 is 0 Å². The molecule has 1 fully saturated rings. The van der Waals surface area contributed by atoms with Gasteiger partial charge in [-0.15, -0.1) is 24.0 Å². The predicted molar refractivity (Wildman–Crippen MR) is 114 cm³/mol. The first kappa shape index (κ1) is 22.7. The number of methoxy groups -OCH3 is 1. The Morgan fingerprint density at radius 3 is 2.81 bits per heavy atom. The average Bonchev–Trinajstić information content (AvgIpc) is 3.18. The number of likely N-dealkylation sites (tertiary alicyclic amines) is 1. The highest BCUT2D eigenvalue weighted by molar-refractivity contribution is 14.0. The summed E-state index contributed by atoms with van der Waals surface area (Å²) in [7, 11) is 1.46. The van der Waals surface area contributed by atoms with Gasteiger partial charge in [-0.25, -0.2) is 4.98 Å². The van der Waals surface area contributed by atoms with Gasteiger partial charge in [0.25, 0.3) is 0 Å². The smallest absolute Gasteiger partial charge is 0.310 e. The molecule has 2 heterocycles. The Morgan fingerprint density at radius 2 is 2.19 bits per heavy atom. The van der Waals surface area contributed by atoms with Gasteiger partial charge in [-0.3, -0.25) is 9.79 Å². The Balaban J connectivity index is 0.00000338. The van der Waals surface area contributed by atoms with Crippen molar-refractivity contribution in [2.75, 3.05) is 33.3 Å². The molecule has 0 amide bonds. The summed E-state index contributed by atoms with van der Waals surface area (Å²) in [6.45, 7) is 10.3. The van der Waals surface area contributed by atoms with E-state index < -0.39 is 0 Å². The van der Waals surface area contributed by atoms with Gasteiger partial charge in [-0.2, -0.15) is 0 Å². The van der Waals surface area contributed by atoms with Gasteiger partial charge in [-0.1, -0.05) is 6.92 Å². The lowest BCUT2D eigenvalue weighted by Crippen LogP contribution is -2.40. The van der Waals surface area contributed by atoms with Crippen LogP contribution in [-0.2, 0) is 16.1 Å². The average molecular weight is 477 g/mol. The summed E-state index contributed by atoms with van der Waals surface area (Å²) in [5, 5.41) is 3.34. The van der Waals surface area contributed by atoms with E-state index in [0.717, 1.165) is 50.8 Å². The lowest BCUT2D eigenvalue weighted by molar-refractivity contribution is -0.145. The number of guanidine groups is 1. The molecular formula is C18H32IN5O2. The van der Waals surface area contributed by atoms with E-state index in [1.807, 2.05) is 19.3 Å². The maximum absolute atomic E-state index is 11.9. The molecule has 1 aromatic rings. The quantitative estimate of drug-likeness (QED) is 0.215. The van der Waals surface area contributed by atoms with E-state index in [2.05, 4.69) is 33.6 Å². The number of ether oxygens (including phenoxy) is 1. The largest absolute Gasteiger partial charge is 0.469 e. The molecule has 0 aliphatic carbocycles. The lowest BCUT2D eigenvalue weighted by Gasteiger charge is -2.21. The molecule has 148 valence electrons. The van der Waals surface area contributed by atoms with Crippen LogP contribution >= 0.6 is 24.0 Å². The third-order valence-corrected chi connectivity index (χ3v) is 4.74. The molecule has 1 aliphatic rings. The lowest BCUT2D eigenvalue weighted by atomic mass is 9.99. The maximum Gasteiger partial charge on any atom is 0.310 e. The second-order valence-electron chi connectivity index (χ2n) is 6.62. The summed E-state index contributed by atoms with van der Waals surface area (Å²) in [6.07, 6.45) is 5.95. The standard InChI is InChI=1S/C18H31N5O2.HI/c1-5-19-18(23-12-14(2)16(13-23)17(24)25-4)21-8-6-7-10-22-11-9-20-15(22)3;/h9,11,14,16H,5-8,10,12-13H2,1-4H3,(H,19,21);1H. The van der Waals surface area contributed by atoms with Gasteiger partial charge in [0.15, 0.2) is 5.96 Å². The summed E-state index contributed by atoms with van der Waals surface area (Å²) >= 11 is 0. The molecule has 0 saturated carbocycles. The third-order valence-electron chi connectivity index (χ3n) is 4.74. The minimum absolute atomic E-state index is 0. The van der Waals surface area contributed by atoms with Gasteiger partial charge in [0.05, 0.1) is 13.0 Å². The number of unbranched alkanes of at least 4 members (excludes halogenated alkanes) is 1. The molecular weight excluding hydrogens is 445 g/mol. The summed E-state index contributed by atoms with van der Waals surface area (Å²) in [5.74, 6) is 2.04. The Labute approximate surface area is 173 Å². The fourth-order valence-corrected chi connectivity index (χ4v) is 3.24. The molecule has 1 saturated heterocycles. The van der Waals surface area contributed by atoms with Crippen molar-refractivity contribution in [3.05, 3.63) is 18.2 Å². The third kappa shape index (κ3) is 6.14. The van der Waals surface area contributed by atoms with Crippen molar-refractivity contribution in [2.45, 2.75) is 40.2 Å². The van der Waals surface area contributed by atoms with E-state index in [1.54, 1.807) is 0 Å². The zero-order valence-corrected chi connectivity index (χ0v) is 18.6. The van der Waals surface area contributed by atoms with Gasteiger partial charge >= 0.3 is 5.97 Å². The molecule has 1 N–H and O–H groups in total. The highest BCUT2D eigenvalue weighted by Gasteiger charge is 2.36. The molecule has 0 aromatic carbocycles. The zero-order chi connectivity index (χ0) is 18.2. The van der Waals surface area contributed by atoms with Crippen LogP contribution in [0.25, 0.3) is 0 Å². The van der Waals surface area contributed by atoms with E-state index in [1.165, 1.54) is 7.11 Å². The summed E-state index contributed by atoms with van der Waals surface area (Å²) in [6, 6.07) is 0. The number of aliphatic imine (C=N–C) groups is 1. The number of aromatic nitrogens is 2. The molecule has 1 aliphatic heterocycles. The van der Waals surface area contributed by atoms with Crippen molar-refractivity contribution in [3.8, 4) is 0 Å². The van der Waals surface area contributed by atoms with Crippen LogP contribution in [-0.4, -0.2) is 59.7 Å². The summed E-state index contributed by atoms with van der Waals surface area (Å²) in [4.78, 5) is 23.0. The van der Waals surface area contributed by atoms with Crippen LogP contribution in [0.4, 0.5) is 0 Å². The SMILES string of the molecule is CCNC(=NCCCCn1ccnc1C)N1CC(C)C(C(=O)OC)C1.I. The first-order chi connectivity index (χ1) is 12.1. The predicted octanol–water partition coefficient (Wildman–Crippen LogP) is 2.30. The van der Waals surface area contributed by atoms with Crippen LogP contribution in [0.15, 0.2) is 17.4 Å². The highest BCUT2D eigenvalue weighted by atomic mass is 127. The Bertz CT molecular complexity index is 590. The van der Waals surface area contributed by atoms with E-state index in [0.29, 0.717) is 6.54 Å². The molecule has 2 atom stereocenters. The van der Waals surface area contributed by atoms with E-state index in [9.17, 15) is 4.79 Å². The van der Waals surface area contributed by atoms with Gasteiger partial charge in [0.2, 0.25) is 0 Å². The molecule has 7 nitrogen and oxygen atoms in total. The fraction of sp³-hybridized carbons (Fsp3) is 0.722. The van der Waals surface area contributed by atoms with Gasteiger partial charge < -0.3 is 19.5 Å². The first-order valence-electron chi connectivity index (χ1n) is 9.15. The van der Waals surface area contributed by atoms with Crippen molar-refractivity contribution in [3.63, 3.8) is 0 Å². The first-order valence-corrected chi connectivity index (χ1v) is 9.15. The number of esters is 1. The minimum atomic E-state index is -0.124. The number of rotatable bonds is 7. The van der Waals surface area contributed by atoms with Crippen molar-refractivity contribution in [2.24, 2.45) is 16.8 Å². The number of nitrogens with zero attached hydrogens (tertiary/aromatic N) is 4. The van der Waals surface area contributed by atoms with E-state index in [-0.39, 0.29) is 41.8 Å². The molecule has 8 heteroatoms. The van der Waals surface area contributed by atoms with Gasteiger partial charge in [-0.05, 0) is 32.6 Å². The second kappa shape index (κ2) is 11.4. The number of halogens is 1. The number of carbonyl (C=O) groups is 1.